The standard InChI is InChI=1S/C15H25N3/c1-12-7-6-10-18(12)14-9-5-8-13(17-14)11-16-15(2,3)4/h5,8-9,12,16H,6-7,10-11H2,1-4H3. The van der Waals surface area contributed by atoms with Gasteiger partial charge < -0.3 is 10.2 Å². The molecule has 3 nitrogen and oxygen atoms in total. The summed E-state index contributed by atoms with van der Waals surface area (Å²) >= 11 is 0. The first kappa shape index (κ1) is 13.3. The minimum atomic E-state index is 0.138. The van der Waals surface area contributed by atoms with Gasteiger partial charge in [-0.1, -0.05) is 6.07 Å². The second-order valence-corrected chi connectivity index (χ2v) is 6.28. The summed E-state index contributed by atoms with van der Waals surface area (Å²) in [5, 5.41) is 3.49. The van der Waals surface area contributed by atoms with Gasteiger partial charge in [-0.3, -0.25) is 0 Å². The van der Waals surface area contributed by atoms with Gasteiger partial charge >= 0.3 is 0 Å². The van der Waals surface area contributed by atoms with E-state index in [2.05, 4.69) is 56.1 Å². The molecular formula is C15H25N3. The predicted molar refractivity (Wildman–Crippen MR) is 76.9 cm³/mol. The lowest BCUT2D eigenvalue weighted by atomic mass is 10.1. The van der Waals surface area contributed by atoms with Gasteiger partial charge in [-0.05, 0) is 52.7 Å². The molecule has 2 heterocycles. The molecule has 1 unspecified atom stereocenters. The maximum atomic E-state index is 4.77. The highest BCUT2D eigenvalue weighted by Gasteiger charge is 2.21. The maximum Gasteiger partial charge on any atom is 0.129 e. The van der Waals surface area contributed by atoms with Crippen LogP contribution in [0.2, 0.25) is 0 Å². The molecule has 0 spiro atoms. The van der Waals surface area contributed by atoms with Crippen molar-refractivity contribution in [3.8, 4) is 0 Å². The first-order valence-electron chi connectivity index (χ1n) is 6.93. The third kappa shape index (κ3) is 3.45. The second-order valence-electron chi connectivity index (χ2n) is 6.28. The van der Waals surface area contributed by atoms with E-state index in [1.54, 1.807) is 0 Å². The summed E-state index contributed by atoms with van der Waals surface area (Å²) in [4.78, 5) is 7.19. The van der Waals surface area contributed by atoms with Crippen LogP contribution in [0.15, 0.2) is 18.2 Å². The number of anilines is 1. The molecule has 1 aliphatic heterocycles. The second kappa shape index (κ2) is 5.27. The van der Waals surface area contributed by atoms with Crippen molar-refractivity contribution in [1.29, 1.82) is 0 Å². The normalized spacial score (nSPS) is 20.4. The first-order valence-corrected chi connectivity index (χ1v) is 6.93. The Morgan fingerprint density at radius 1 is 1.39 bits per heavy atom. The molecule has 0 radical (unpaired) electrons. The van der Waals surface area contributed by atoms with E-state index in [1.807, 2.05) is 0 Å². The summed E-state index contributed by atoms with van der Waals surface area (Å²) in [6.45, 7) is 10.8. The minimum Gasteiger partial charge on any atom is -0.354 e. The van der Waals surface area contributed by atoms with Crippen LogP contribution in [0.25, 0.3) is 0 Å². The third-order valence-corrected chi connectivity index (χ3v) is 3.44. The van der Waals surface area contributed by atoms with Crippen molar-refractivity contribution in [1.82, 2.24) is 10.3 Å². The molecule has 1 saturated heterocycles. The Kier molecular flexibility index (Phi) is 3.91. The van der Waals surface area contributed by atoms with E-state index in [9.17, 15) is 0 Å². The SMILES string of the molecule is CC1CCCN1c1cccc(CNC(C)(C)C)n1. The molecule has 0 bridgehead atoms. The highest BCUT2D eigenvalue weighted by molar-refractivity contribution is 5.41. The van der Waals surface area contributed by atoms with E-state index in [4.69, 9.17) is 4.98 Å². The lowest BCUT2D eigenvalue weighted by Crippen LogP contribution is -2.35. The Balaban J connectivity index is 2.05. The van der Waals surface area contributed by atoms with Gasteiger partial charge in [0.25, 0.3) is 0 Å². The number of hydrogen-bond acceptors (Lipinski definition) is 3. The van der Waals surface area contributed by atoms with Crippen molar-refractivity contribution in [2.45, 2.75) is 58.7 Å². The van der Waals surface area contributed by atoms with Crippen molar-refractivity contribution in [3.05, 3.63) is 23.9 Å². The number of aromatic nitrogens is 1. The Morgan fingerprint density at radius 3 is 2.78 bits per heavy atom. The molecule has 0 amide bonds. The van der Waals surface area contributed by atoms with Crippen molar-refractivity contribution in [2.24, 2.45) is 0 Å². The van der Waals surface area contributed by atoms with E-state index in [0.717, 1.165) is 24.6 Å². The molecule has 3 heteroatoms. The molecule has 0 aliphatic carbocycles. The van der Waals surface area contributed by atoms with Crippen molar-refractivity contribution in [2.75, 3.05) is 11.4 Å². The zero-order valence-corrected chi connectivity index (χ0v) is 12.0. The molecule has 1 aromatic rings. The van der Waals surface area contributed by atoms with Crippen LogP contribution in [-0.2, 0) is 6.54 Å². The van der Waals surface area contributed by atoms with Crippen LogP contribution in [0.1, 0.15) is 46.2 Å². The first-order chi connectivity index (χ1) is 8.46. The van der Waals surface area contributed by atoms with Gasteiger partial charge in [0.05, 0.1) is 5.69 Å². The molecule has 1 fully saturated rings. The fraction of sp³-hybridized carbons (Fsp3) is 0.667. The van der Waals surface area contributed by atoms with Crippen LogP contribution in [0, 0.1) is 0 Å². The summed E-state index contributed by atoms with van der Waals surface area (Å²) in [6, 6.07) is 6.97. The third-order valence-electron chi connectivity index (χ3n) is 3.44. The highest BCUT2D eigenvalue weighted by atomic mass is 15.2. The fourth-order valence-corrected chi connectivity index (χ4v) is 2.35. The Morgan fingerprint density at radius 2 is 2.17 bits per heavy atom. The van der Waals surface area contributed by atoms with E-state index >= 15 is 0 Å². The molecule has 0 aromatic carbocycles. The molecule has 18 heavy (non-hydrogen) atoms. The minimum absolute atomic E-state index is 0.138. The van der Waals surface area contributed by atoms with Gasteiger partial charge in [-0.25, -0.2) is 4.98 Å². The Labute approximate surface area is 111 Å². The van der Waals surface area contributed by atoms with E-state index in [-0.39, 0.29) is 5.54 Å². The van der Waals surface area contributed by atoms with Gasteiger partial charge in [0.2, 0.25) is 0 Å². The molecular weight excluding hydrogens is 222 g/mol. The van der Waals surface area contributed by atoms with Crippen LogP contribution in [0.5, 0.6) is 0 Å². The summed E-state index contributed by atoms with van der Waals surface area (Å²) in [6.07, 6.45) is 2.57. The number of hydrogen-bond donors (Lipinski definition) is 1. The molecule has 1 atom stereocenters. The van der Waals surface area contributed by atoms with E-state index in [0.29, 0.717) is 6.04 Å². The highest BCUT2D eigenvalue weighted by Crippen LogP contribution is 2.23. The van der Waals surface area contributed by atoms with Crippen LogP contribution in [0.3, 0.4) is 0 Å². The maximum absolute atomic E-state index is 4.77. The lowest BCUT2D eigenvalue weighted by Gasteiger charge is -2.24. The van der Waals surface area contributed by atoms with Gasteiger partial charge in [0.15, 0.2) is 0 Å². The van der Waals surface area contributed by atoms with Crippen LogP contribution >= 0.6 is 0 Å². The number of pyridine rings is 1. The van der Waals surface area contributed by atoms with Crippen molar-refractivity contribution < 1.29 is 0 Å². The van der Waals surface area contributed by atoms with Crippen LogP contribution in [0.4, 0.5) is 5.82 Å². The number of nitrogens with one attached hydrogen (secondary N) is 1. The molecule has 1 aliphatic rings. The number of rotatable bonds is 3. The van der Waals surface area contributed by atoms with Gasteiger partial charge in [0.1, 0.15) is 5.82 Å². The van der Waals surface area contributed by atoms with Gasteiger partial charge in [0, 0.05) is 24.7 Å². The predicted octanol–water partition coefficient (Wildman–Crippen LogP) is 2.96. The molecule has 1 aromatic heterocycles. The average molecular weight is 247 g/mol. The Bertz CT molecular complexity index is 395. The van der Waals surface area contributed by atoms with Crippen LogP contribution in [-0.4, -0.2) is 23.1 Å². The molecule has 100 valence electrons. The van der Waals surface area contributed by atoms with Crippen LogP contribution < -0.4 is 10.2 Å². The monoisotopic (exact) mass is 247 g/mol. The molecule has 2 rings (SSSR count). The quantitative estimate of drug-likeness (QED) is 0.890. The summed E-state index contributed by atoms with van der Waals surface area (Å²) in [7, 11) is 0. The van der Waals surface area contributed by atoms with E-state index < -0.39 is 0 Å². The Hall–Kier alpha value is -1.09. The molecule has 0 saturated carbocycles. The summed E-state index contributed by atoms with van der Waals surface area (Å²) in [5.74, 6) is 1.13. The topological polar surface area (TPSA) is 28.2 Å². The average Bonchev–Trinajstić information content (AvgIpc) is 2.72. The van der Waals surface area contributed by atoms with Crippen molar-refractivity contribution >= 4 is 5.82 Å². The lowest BCUT2D eigenvalue weighted by molar-refractivity contribution is 0.421. The molecule has 1 N–H and O–H groups in total. The smallest absolute Gasteiger partial charge is 0.129 e. The number of nitrogens with zero attached hydrogens (tertiary/aromatic N) is 2. The zero-order valence-electron chi connectivity index (χ0n) is 12.0. The summed E-state index contributed by atoms with van der Waals surface area (Å²) in [5.41, 5.74) is 1.26. The van der Waals surface area contributed by atoms with Gasteiger partial charge in [-0.2, -0.15) is 0 Å². The van der Waals surface area contributed by atoms with E-state index in [1.165, 1.54) is 12.8 Å². The zero-order chi connectivity index (χ0) is 13.2. The summed E-state index contributed by atoms with van der Waals surface area (Å²) < 4.78 is 0. The van der Waals surface area contributed by atoms with Gasteiger partial charge in [-0.15, -0.1) is 0 Å². The largest absolute Gasteiger partial charge is 0.354 e. The fourth-order valence-electron chi connectivity index (χ4n) is 2.35. The van der Waals surface area contributed by atoms with Crippen molar-refractivity contribution in [3.63, 3.8) is 0 Å².